The third kappa shape index (κ3) is 3.69. The monoisotopic (exact) mass is 264 g/mol. The maximum absolute atomic E-state index is 5.22. The van der Waals surface area contributed by atoms with Gasteiger partial charge in [-0.15, -0.1) is 0 Å². The molecule has 0 atom stereocenters. The molecule has 1 aromatic rings. The molecule has 4 nitrogen and oxygen atoms in total. The summed E-state index contributed by atoms with van der Waals surface area (Å²) in [4.78, 5) is 2.36. The van der Waals surface area contributed by atoms with Crippen molar-refractivity contribution in [2.75, 3.05) is 52.0 Å². The van der Waals surface area contributed by atoms with Crippen molar-refractivity contribution in [2.24, 2.45) is 0 Å². The molecule has 0 spiro atoms. The van der Waals surface area contributed by atoms with E-state index >= 15 is 0 Å². The van der Waals surface area contributed by atoms with Crippen LogP contribution in [-0.4, -0.2) is 47.1 Å². The Labute approximate surface area is 115 Å². The molecular weight excluding hydrogens is 240 g/mol. The highest BCUT2D eigenvalue weighted by Crippen LogP contribution is 2.26. The van der Waals surface area contributed by atoms with Gasteiger partial charge in [-0.2, -0.15) is 0 Å². The number of nitrogens with one attached hydrogen (secondary N) is 1. The molecule has 0 bridgehead atoms. The van der Waals surface area contributed by atoms with Crippen LogP contribution in [0, 0.1) is 0 Å². The van der Waals surface area contributed by atoms with E-state index in [1.165, 1.54) is 16.8 Å². The average molecular weight is 264 g/mol. The Hall–Kier alpha value is -1.10. The molecule has 1 aromatic carbocycles. The second-order valence-corrected chi connectivity index (χ2v) is 4.81. The predicted molar refractivity (Wildman–Crippen MR) is 77.8 cm³/mol. The van der Waals surface area contributed by atoms with Crippen LogP contribution in [0.2, 0.25) is 0 Å². The molecule has 0 radical (unpaired) electrons. The van der Waals surface area contributed by atoms with Crippen LogP contribution in [0.3, 0.4) is 0 Å². The molecule has 1 heterocycles. The zero-order chi connectivity index (χ0) is 13.5. The summed E-state index contributed by atoms with van der Waals surface area (Å²) in [5.74, 6) is 0. The van der Waals surface area contributed by atoms with E-state index in [2.05, 4.69) is 28.4 Å². The number of nitrogens with zero attached hydrogens (tertiary/aromatic N) is 1. The highest BCUT2D eigenvalue weighted by Gasteiger charge is 2.16. The van der Waals surface area contributed by atoms with Gasteiger partial charge in [0.1, 0.15) is 0 Å². The van der Waals surface area contributed by atoms with Gasteiger partial charge in [-0.05, 0) is 30.2 Å². The van der Waals surface area contributed by atoms with E-state index in [0.29, 0.717) is 0 Å². The molecule has 106 valence electrons. The van der Waals surface area contributed by atoms with E-state index in [1.807, 2.05) is 0 Å². The number of fused-ring (bicyclic) bond motifs is 1. The predicted octanol–water partition coefficient (Wildman–Crippen LogP) is 1.43. The minimum atomic E-state index is 0.737. The fourth-order valence-corrected chi connectivity index (χ4v) is 2.55. The Morgan fingerprint density at radius 1 is 1.16 bits per heavy atom. The van der Waals surface area contributed by atoms with Gasteiger partial charge in [-0.3, -0.25) is 0 Å². The molecule has 0 aromatic heterocycles. The third-order valence-electron chi connectivity index (χ3n) is 3.59. The van der Waals surface area contributed by atoms with Crippen LogP contribution in [0.1, 0.15) is 11.1 Å². The maximum atomic E-state index is 5.22. The van der Waals surface area contributed by atoms with Gasteiger partial charge >= 0.3 is 0 Å². The first kappa shape index (κ1) is 14.3. The van der Waals surface area contributed by atoms with Crippen LogP contribution in [0.25, 0.3) is 0 Å². The van der Waals surface area contributed by atoms with Crippen LogP contribution in [0.15, 0.2) is 18.2 Å². The Morgan fingerprint density at radius 2 is 1.89 bits per heavy atom. The standard InChI is InChI=1S/C15H24N2O2/c1-18-10-8-17(9-11-19-2)15-5-3-4-13-6-7-16-12-14(13)15/h3-5,16H,6-12H2,1-2H3. The molecule has 2 rings (SSSR count). The largest absolute Gasteiger partial charge is 0.383 e. The molecule has 0 fully saturated rings. The van der Waals surface area contributed by atoms with Crippen molar-refractivity contribution >= 4 is 5.69 Å². The number of anilines is 1. The Bertz CT molecular complexity index is 388. The minimum Gasteiger partial charge on any atom is -0.383 e. The van der Waals surface area contributed by atoms with Gasteiger partial charge in [0.2, 0.25) is 0 Å². The topological polar surface area (TPSA) is 33.7 Å². The quantitative estimate of drug-likeness (QED) is 0.808. The number of hydrogen-bond acceptors (Lipinski definition) is 4. The SMILES string of the molecule is COCCN(CCOC)c1cccc2c1CNCC2. The van der Waals surface area contributed by atoms with Crippen LogP contribution < -0.4 is 10.2 Å². The van der Waals surface area contributed by atoms with Gasteiger partial charge in [0.05, 0.1) is 13.2 Å². The number of hydrogen-bond donors (Lipinski definition) is 1. The van der Waals surface area contributed by atoms with E-state index in [4.69, 9.17) is 9.47 Å². The molecule has 0 unspecified atom stereocenters. The normalized spacial score (nSPS) is 14.2. The van der Waals surface area contributed by atoms with Crippen LogP contribution in [0.5, 0.6) is 0 Å². The first-order chi connectivity index (χ1) is 9.36. The summed E-state index contributed by atoms with van der Waals surface area (Å²) >= 11 is 0. The second kappa shape index (κ2) is 7.48. The van der Waals surface area contributed by atoms with Crippen molar-refractivity contribution < 1.29 is 9.47 Å². The van der Waals surface area contributed by atoms with Crippen LogP contribution >= 0.6 is 0 Å². The zero-order valence-electron chi connectivity index (χ0n) is 11.9. The number of ether oxygens (including phenoxy) is 2. The fourth-order valence-electron chi connectivity index (χ4n) is 2.55. The van der Waals surface area contributed by atoms with Crippen molar-refractivity contribution in [3.05, 3.63) is 29.3 Å². The fraction of sp³-hybridized carbons (Fsp3) is 0.600. The lowest BCUT2D eigenvalue weighted by Gasteiger charge is -2.29. The molecule has 1 aliphatic heterocycles. The lowest BCUT2D eigenvalue weighted by Crippen LogP contribution is -2.33. The van der Waals surface area contributed by atoms with E-state index in [0.717, 1.165) is 45.8 Å². The van der Waals surface area contributed by atoms with E-state index in [1.54, 1.807) is 14.2 Å². The van der Waals surface area contributed by atoms with Gasteiger partial charge in [0.15, 0.2) is 0 Å². The number of rotatable bonds is 7. The van der Waals surface area contributed by atoms with E-state index in [9.17, 15) is 0 Å². The van der Waals surface area contributed by atoms with Gasteiger partial charge < -0.3 is 19.7 Å². The van der Waals surface area contributed by atoms with Gasteiger partial charge in [-0.25, -0.2) is 0 Å². The van der Waals surface area contributed by atoms with Crippen LogP contribution in [0.4, 0.5) is 5.69 Å². The lowest BCUT2D eigenvalue weighted by molar-refractivity contribution is 0.190. The average Bonchev–Trinajstić information content (AvgIpc) is 2.47. The lowest BCUT2D eigenvalue weighted by atomic mass is 9.98. The third-order valence-corrected chi connectivity index (χ3v) is 3.59. The maximum Gasteiger partial charge on any atom is 0.0637 e. The Kier molecular flexibility index (Phi) is 5.63. The molecule has 0 saturated heterocycles. The molecule has 0 saturated carbocycles. The molecule has 19 heavy (non-hydrogen) atoms. The Balaban J connectivity index is 2.19. The second-order valence-electron chi connectivity index (χ2n) is 4.81. The summed E-state index contributed by atoms with van der Waals surface area (Å²) in [7, 11) is 3.49. The van der Waals surface area contributed by atoms with E-state index in [-0.39, 0.29) is 0 Å². The van der Waals surface area contributed by atoms with Gasteiger partial charge in [0, 0.05) is 39.5 Å². The summed E-state index contributed by atoms with van der Waals surface area (Å²) in [6.07, 6.45) is 1.12. The minimum absolute atomic E-state index is 0.737. The number of methoxy groups -OCH3 is 2. The molecule has 1 aliphatic rings. The Morgan fingerprint density at radius 3 is 2.58 bits per heavy atom. The molecule has 4 heteroatoms. The summed E-state index contributed by atoms with van der Waals surface area (Å²) in [5, 5.41) is 3.46. The molecule has 0 amide bonds. The molecule has 1 N–H and O–H groups in total. The van der Waals surface area contributed by atoms with Gasteiger partial charge in [0.25, 0.3) is 0 Å². The highest BCUT2D eigenvalue weighted by molar-refractivity contribution is 5.57. The molecular formula is C15H24N2O2. The summed E-state index contributed by atoms with van der Waals surface area (Å²) < 4.78 is 10.4. The van der Waals surface area contributed by atoms with Crippen molar-refractivity contribution in [3.8, 4) is 0 Å². The van der Waals surface area contributed by atoms with Crippen molar-refractivity contribution in [1.82, 2.24) is 5.32 Å². The summed E-state index contributed by atoms with van der Waals surface area (Å²) in [6, 6.07) is 6.60. The van der Waals surface area contributed by atoms with Crippen molar-refractivity contribution in [2.45, 2.75) is 13.0 Å². The highest BCUT2D eigenvalue weighted by atomic mass is 16.5. The molecule has 0 aliphatic carbocycles. The van der Waals surface area contributed by atoms with Crippen molar-refractivity contribution in [1.29, 1.82) is 0 Å². The first-order valence-electron chi connectivity index (χ1n) is 6.91. The number of benzene rings is 1. The summed E-state index contributed by atoms with van der Waals surface area (Å²) in [5.41, 5.74) is 4.22. The van der Waals surface area contributed by atoms with Crippen LogP contribution in [-0.2, 0) is 22.4 Å². The zero-order valence-corrected chi connectivity index (χ0v) is 11.9. The first-order valence-corrected chi connectivity index (χ1v) is 6.91. The van der Waals surface area contributed by atoms with E-state index < -0.39 is 0 Å². The summed E-state index contributed by atoms with van der Waals surface area (Å²) in [6.45, 7) is 5.31. The van der Waals surface area contributed by atoms with Gasteiger partial charge in [-0.1, -0.05) is 12.1 Å². The smallest absolute Gasteiger partial charge is 0.0637 e. The van der Waals surface area contributed by atoms with Crippen molar-refractivity contribution in [3.63, 3.8) is 0 Å².